The van der Waals surface area contributed by atoms with E-state index in [9.17, 15) is 18.0 Å². The number of amides is 1. The van der Waals surface area contributed by atoms with E-state index in [1.54, 1.807) is 0 Å². The van der Waals surface area contributed by atoms with Crippen LogP contribution in [0.1, 0.15) is 48.5 Å². The predicted molar refractivity (Wildman–Crippen MR) is 73.5 cm³/mol. The van der Waals surface area contributed by atoms with Crippen molar-refractivity contribution < 1.29 is 18.0 Å². The molecule has 0 spiro atoms. The van der Waals surface area contributed by atoms with Crippen LogP contribution in [0.25, 0.3) is 0 Å². The highest BCUT2D eigenvalue weighted by Gasteiger charge is 2.35. The number of hydrogen-bond donors (Lipinski definition) is 1. The molecule has 0 unspecified atom stereocenters. The molecule has 1 saturated carbocycles. The first kappa shape index (κ1) is 15.4. The van der Waals surface area contributed by atoms with Gasteiger partial charge in [0.05, 0.1) is 5.56 Å². The first-order chi connectivity index (χ1) is 9.21. The minimum Gasteiger partial charge on any atom is -0.347 e. The van der Waals surface area contributed by atoms with Gasteiger partial charge in [-0.3, -0.25) is 4.79 Å². The molecule has 110 valence electrons. The minimum atomic E-state index is -4.48. The van der Waals surface area contributed by atoms with Crippen molar-refractivity contribution in [2.45, 2.75) is 44.3 Å². The van der Waals surface area contributed by atoms with Crippen LogP contribution in [0.4, 0.5) is 13.2 Å². The van der Waals surface area contributed by atoms with E-state index in [2.05, 4.69) is 21.2 Å². The second-order valence-electron chi connectivity index (χ2n) is 5.41. The van der Waals surface area contributed by atoms with Gasteiger partial charge in [0.25, 0.3) is 5.91 Å². The molecular formula is C14H15BrF3NO. The molecule has 20 heavy (non-hydrogen) atoms. The van der Waals surface area contributed by atoms with Crippen LogP contribution in [-0.2, 0) is 6.18 Å². The van der Waals surface area contributed by atoms with Gasteiger partial charge in [0, 0.05) is 15.6 Å². The lowest BCUT2D eigenvalue weighted by Gasteiger charge is -2.25. The summed E-state index contributed by atoms with van der Waals surface area (Å²) < 4.78 is 38.4. The average molecular weight is 350 g/mol. The number of halogens is 4. The Morgan fingerprint density at radius 2 is 1.90 bits per heavy atom. The summed E-state index contributed by atoms with van der Waals surface area (Å²) in [6.07, 6.45) is -0.689. The highest BCUT2D eigenvalue weighted by atomic mass is 79.9. The fourth-order valence-electron chi connectivity index (χ4n) is 2.51. The highest BCUT2D eigenvalue weighted by Crippen LogP contribution is 2.35. The Balaban J connectivity index is 2.22. The SMILES string of the molecule is CC1(NC(=O)c2ccc(Br)c(C(F)(F)F)c2)CCCC1. The van der Waals surface area contributed by atoms with Crippen molar-refractivity contribution in [1.29, 1.82) is 0 Å². The Morgan fingerprint density at radius 1 is 1.30 bits per heavy atom. The summed E-state index contributed by atoms with van der Waals surface area (Å²) in [6, 6.07) is 3.54. The summed E-state index contributed by atoms with van der Waals surface area (Å²) in [5.74, 6) is -0.451. The standard InChI is InChI=1S/C14H15BrF3NO/c1-13(6-2-3-7-13)19-12(20)9-4-5-11(15)10(8-9)14(16,17)18/h4-5,8H,2-3,6-7H2,1H3,(H,19,20). The molecule has 6 heteroatoms. The number of alkyl halides is 3. The Hall–Kier alpha value is -1.04. The van der Waals surface area contributed by atoms with E-state index in [1.165, 1.54) is 12.1 Å². The van der Waals surface area contributed by atoms with Gasteiger partial charge < -0.3 is 5.32 Å². The maximum atomic E-state index is 12.8. The summed E-state index contributed by atoms with van der Waals surface area (Å²) in [4.78, 5) is 12.1. The molecule has 1 N–H and O–H groups in total. The lowest BCUT2D eigenvalue weighted by molar-refractivity contribution is -0.138. The second-order valence-corrected chi connectivity index (χ2v) is 6.27. The van der Waals surface area contributed by atoms with E-state index in [1.807, 2.05) is 6.92 Å². The molecule has 1 aliphatic carbocycles. The summed E-state index contributed by atoms with van der Waals surface area (Å²) in [6.45, 7) is 1.93. The largest absolute Gasteiger partial charge is 0.417 e. The molecule has 1 aromatic carbocycles. The van der Waals surface area contributed by atoms with Crippen LogP contribution in [0.5, 0.6) is 0 Å². The summed E-state index contributed by atoms with van der Waals surface area (Å²) in [5.41, 5.74) is -1.10. The van der Waals surface area contributed by atoms with Gasteiger partial charge >= 0.3 is 6.18 Å². The third kappa shape index (κ3) is 3.34. The zero-order valence-electron chi connectivity index (χ0n) is 11.0. The number of benzene rings is 1. The quantitative estimate of drug-likeness (QED) is 0.834. The van der Waals surface area contributed by atoms with Gasteiger partial charge in [-0.25, -0.2) is 0 Å². The van der Waals surface area contributed by atoms with E-state index in [4.69, 9.17) is 0 Å². The normalized spacial score (nSPS) is 18.1. The van der Waals surface area contributed by atoms with Crippen molar-refractivity contribution in [2.75, 3.05) is 0 Å². The van der Waals surface area contributed by atoms with E-state index in [0.29, 0.717) is 0 Å². The van der Waals surface area contributed by atoms with Gasteiger partial charge in [-0.2, -0.15) is 13.2 Å². The third-order valence-corrected chi connectivity index (χ3v) is 4.35. The fourth-order valence-corrected chi connectivity index (χ4v) is 2.98. The second kappa shape index (κ2) is 5.39. The molecule has 0 aromatic heterocycles. The lowest BCUT2D eigenvalue weighted by atomic mass is 9.99. The minimum absolute atomic E-state index is 0.0358. The summed E-state index contributed by atoms with van der Waals surface area (Å²) in [7, 11) is 0. The van der Waals surface area contributed by atoms with Crippen LogP contribution in [-0.4, -0.2) is 11.4 Å². The lowest BCUT2D eigenvalue weighted by Crippen LogP contribution is -2.43. The number of carbonyl (C=O) groups is 1. The van der Waals surface area contributed by atoms with Crippen LogP contribution in [0, 0.1) is 0 Å². The maximum Gasteiger partial charge on any atom is 0.417 e. The van der Waals surface area contributed by atoms with Crippen LogP contribution in [0.3, 0.4) is 0 Å². The Bertz CT molecular complexity index is 522. The molecule has 0 radical (unpaired) electrons. The summed E-state index contributed by atoms with van der Waals surface area (Å²) >= 11 is 2.86. The van der Waals surface area contributed by atoms with E-state index in [-0.39, 0.29) is 15.6 Å². The zero-order valence-corrected chi connectivity index (χ0v) is 12.6. The molecule has 2 rings (SSSR count). The van der Waals surface area contributed by atoms with Gasteiger partial charge in [0.15, 0.2) is 0 Å². The molecule has 2 nitrogen and oxygen atoms in total. The van der Waals surface area contributed by atoms with E-state index >= 15 is 0 Å². The van der Waals surface area contributed by atoms with Crippen LogP contribution in [0.15, 0.2) is 22.7 Å². The van der Waals surface area contributed by atoms with Crippen LogP contribution < -0.4 is 5.32 Å². The van der Waals surface area contributed by atoms with Crippen molar-refractivity contribution in [3.63, 3.8) is 0 Å². The van der Waals surface area contributed by atoms with Crippen molar-refractivity contribution in [1.82, 2.24) is 5.32 Å². The van der Waals surface area contributed by atoms with Gasteiger partial charge in [-0.15, -0.1) is 0 Å². The number of hydrogen-bond acceptors (Lipinski definition) is 1. The van der Waals surface area contributed by atoms with E-state index < -0.39 is 17.6 Å². The predicted octanol–water partition coefficient (Wildman–Crippen LogP) is 4.53. The number of nitrogens with one attached hydrogen (secondary N) is 1. The molecule has 0 heterocycles. The average Bonchev–Trinajstić information content (AvgIpc) is 2.74. The van der Waals surface area contributed by atoms with Gasteiger partial charge in [-0.1, -0.05) is 28.8 Å². The molecule has 1 amide bonds. The van der Waals surface area contributed by atoms with Crippen molar-refractivity contribution in [3.8, 4) is 0 Å². The van der Waals surface area contributed by atoms with E-state index in [0.717, 1.165) is 31.7 Å². The van der Waals surface area contributed by atoms with Gasteiger partial charge in [0.1, 0.15) is 0 Å². The molecule has 0 atom stereocenters. The van der Waals surface area contributed by atoms with Crippen molar-refractivity contribution in [2.24, 2.45) is 0 Å². The monoisotopic (exact) mass is 349 g/mol. The smallest absolute Gasteiger partial charge is 0.347 e. The molecular weight excluding hydrogens is 335 g/mol. The molecule has 0 saturated heterocycles. The Labute approximate surface area is 123 Å². The van der Waals surface area contributed by atoms with Crippen LogP contribution >= 0.6 is 15.9 Å². The fraction of sp³-hybridized carbons (Fsp3) is 0.500. The van der Waals surface area contributed by atoms with Crippen molar-refractivity contribution in [3.05, 3.63) is 33.8 Å². The first-order valence-electron chi connectivity index (χ1n) is 6.41. The number of carbonyl (C=O) groups excluding carboxylic acids is 1. The van der Waals surface area contributed by atoms with Gasteiger partial charge in [0.2, 0.25) is 0 Å². The first-order valence-corrected chi connectivity index (χ1v) is 7.20. The molecule has 1 aliphatic rings. The molecule has 1 aromatic rings. The molecule has 1 fully saturated rings. The zero-order chi connectivity index (χ0) is 15.0. The molecule has 0 aliphatic heterocycles. The highest BCUT2D eigenvalue weighted by molar-refractivity contribution is 9.10. The molecule has 0 bridgehead atoms. The third-order valence-electron chi connectivity index (χ3n) is 3.66. The maximum absolute atomic E-state index is 12.8. The Kier molecular flexibility index (Phi) is 4.14. The Morgan fingerprint density at radius 3 is 2.45 bits per heavy atom. The number of rotatable bonds is 2. The van der Waals surface area contributed by atoms with Crippen LogP contribution in [0.2, 0.25) is 0 Å². The van der Waals surface area contributed by atoms with Crippen molar-refractivity contribution >= 4 is 21.8 Å². The topological polar surface area (TPSA) is 29.1 Å². The van der Waals surface area contributed by atoms with Gasteiger partial charge in [-0.05, 0) is 38.0 Å². The summed E-state index contributed by atoms with van der Waals surface area (Å²) in [5, 5.41) is 2.85.